The maximum Gasteiger partial charge on any atom is 0.251 e. The van der Waals surface area contributed by atoms with Gasteiger partial charge in [-0.05, 0) is 48.0 Å². The molecule has 1 N–H and O–H groups in total. The third kappa shape index (κ3) is 3.20. The maximum atomic E-state index is 13.1. The number of nitrogens with one attached hydrogen (secondary N) is 1. The number of oxazole rings is 1. The van der Waals surface area contributed by atoms with Gasteiger partial charge in [-0.15, -0.1) is 0 Å². The Morgan fingerprint density at radius 3 is 2.84 bits per heavy atom. The van der Waals surface area contributed by atoms with Crippen LogP contribution in [0, 0.1) is 12.7 Å². The first-order chi connectivity index (χ1) is 8.97. The molecule has 0 aliphatic heterocycles. The van der Waals surface area contributed by atoms with Crippen LogP contribution < -0.4 is 5.32 Å². The summed E-state index contributed by atoms with van der Waals surface area (Å²) in [6.07, 6.45) is 1.59. The molecule has 2 aromatic rings. The number of halogens is 2. The number of aromatic nitrogens is 1. The summed E-state index contributed by atoms with van der Waals surface area (Å²) < 4.78 is 18.7. The van der Waals surface area contributed by atoms with Crippen molar-refractivity contribution in [2.45, 2.75) is 19.9 Å². The average molecular weight is 327 g/mol. The van der Waals surface area contributed by atoms with Gasteiger partial charge in [0.2, 0.25) is 5.89 Å². The van der Waals surface area contributed by atoms with Gasteiger partial charge in [0, 0.05) is 5.56 Å². The highest BCUT2D eigenvalue weighted by Crippen LogP contribution is 2.18. The van der Waals surface area contributed by atoms with E-state index in [1.54, 1.807) is 20.0 Å². The summed E-state index contributed by atoms with van der Waals surface area (Å²) in [5.74, 6) is 0.393. The van der Waals surface area contributed by atoms with Gasteiger partial charge in [0.15, 0.2) is 0 Å². The fourth-order valence-corrected chi connectivity index (χ4v) is 1.93. The third-order valence-electron chi connectivity index (χ3n) is 2.54. The molecule has 0 spiro atoms. The summed E-state index contributed by atoms with van der Waals surface area (Å²) in [4.78, 5) is 16.0. The number of aryl methyl sites for hydroxylation is 1. The molecular weight excluding hydrogens is 315 g/mol. The van der Waals surface area contributed by atoms with Crippen molar-refractivity contribution in [2.75, 3.05) is 0 Å². The van der Waals surface area contributed by atoms with Crippen molar-refractivity contribution in [3.05, 3.63) is 51.9 Å². The Morgan fingerprint density at radius 1 is 1.53 bits per heavy atom. The van der Waals surface area contributed by atoms with E-state index in [9.17, 15) is 9.18 Å². The van der Waals surface area contributed by atoms with Gasteiger partial charge in [-0.3, -0.25) is 4.79 Å². The largest absolute Gasteiger partial charge is 0.444 e. The zero-order valence-electron chi connectivity index (χ0n) is 10.4. The summed E-state index contributed by atoms with van der Waals surface area (Å²) in [6, 6.07) is 3.73. The number of rotatable bonds is 3. The van der Waals surface area contributed by atoms with Crippen molar-refractivity contribution in [2.24, 2.45) is 0 Å². The van der Waals surface area contributed by atoms with Crippen molar-refractivity contribution in [3.63, 3.8) is 0 Å². The highest BCUT2D eigenvalue weighted by atomic mass is 79.9. The molecule has 0 aliphatic rings. The second-order valence-electron chi connectivity index (χ2n) is 4.13. The van der Waals surface area contributed by atoms with Crippen LogP contribution in [0.2, 0.25) is 0 Å². The quantitative estimate of drug-likeness (QED) is 0.940. The molecule has 1 atom stereocenters. The molecule has 100 valence electrons. The lowest BCUT2D eigenvalue weighted by Crippen LogP contribution is -2.26. The standard InChI is InChI=1S/C13H12BrFN2O2/c1-7-6-16-13(19-7)8(2)17-12(18)9-3-4-11(15)10(14)5-9/h3-6,8H,1-2H3,(H,17,18). The highest BCUT2D eigenvalue weighted by Gasteiger charge is 2.16. The fourth-order valence-electron chi connectivity index (χ4n) is 1.55. The van der Waals surface area contributed by atoms with Crippen molar-refractivity contribution in [3.8, 4) is 0 Å². The first-order valence-corrected chi connectivity index (χ1v) is 6.45. The van der Waals surface area contributed by atoms with Gasteiger partial charge in [-0.1, -0.05) is 0 Å². The molecule has 1 heterocycles. The number of carbonyl (C=O) groups excluding carboxylic acids is 1. The van der Waals surface area contributed by atoms with E-state index in [2.05, 4.69) is 26.2 Å². The molecule has 19 heavy (non-hydrogen) atoms. The van der Waals surface area contributed by atoms with E-state index in [4.69, 9.17) is 4.42 Å². The van der Waals surface area contributed by atoms with Crippen LogP contribution in [0.5, 0.6) is 0 Å². The first kappa shape index (κ1) is 13.7. The van der Waals surface area contributed by atoms with Gasteiger partial charge in [0.25, 0.3) is 5.91 Å². The van der Waals surface area contributed by atoms with Crippen molar-refractivity contribution >= 4 is 21.8 Å². The first-order valence-electron chi connectivity index (χ1n) is 5.65. The molecule has 0 saturated carbocycles. The van der Waals surface area contributed by atoms with Crippen molar-refractivity contribution < 1.29 is 13.6 Å². The van der Waals surface area contributed by atoms with Crippen molar-refractivity contribution in [1.82, 2.24) is 10.3 Å². The minimum Gasteiger partial charge on any atom is -0.444 e. The number of carbonyl (C=O) groups is 1. The molecule has 6 heteroatoms. The Kier molecular flexibility index (Phi) is 3.99. The number of benzene rings is 1. The van der Waals surface area contributed by atoms with Crippen LogP contribution in [0.4, 0.5) is 4.39 Å². The smallest absolute Gasteiger partial charge is 0.251 e. The lowest BCUT2D eigenvalue weighted by atomic mass is 10.2. The van der Waals surface area contributed by atoms with Gasteiger partial charge in [-0.2, -0.15) is 0 Å². The van der Waals surface area contributed by atoms with Gasteiger partial charge < -0.3 is 9.73 Å². The van der Waals surface area contributed by atoms with E-state index in [1.165, 1.54) is 18.2 Å². The van der Waals surface area contributed by atoms with E-state index in [1.807, 2.05) is 0 Å². The lowest BCUT2D eigenvalue weighted by molar-refractivity contribution is 0.0934. The third-order valence-corrected chi connectivity index (χ3v) is 3.15. The van der Waals surface area contributed by atoms with Crippen LogP contribution in [-0.2, 0) is 0 Å². The maximum absolute atomic E-state index is 13.1. The van der Waals surface area contributed by atoms with E-state index < -0.39 is 5.82 Å². The van der Waals surface area contributed by atoms with Crippen LogP contribution in [0.25, 0.3) is 0 Å². The minimum atomic E-state index is -0.409. The molecule has 1 aromatic carbocycles. The second-order valence-corrected chi connectivity index (χ2v) is 4.99. The van der Waals surface area contributed by atoms with E-state index in [-0.39, 0.29) is 16.4 Å². The number of hydrogen-bond donors (Lipinski definition) is 1. The second kappa shape index (κ2) is 5.52. The molecule has 0 fully saturated rings. The average Bonchev–Trinajstić information content (AvgIpc) is 2.79. The van der Waals surface area contributed by atoms with E-state index in [0.29, 0.717) is 17.2 Å². The van der Waals surface area contributed by atoms with Gasteiger partial charge in [0.05, 0.1) is 10.7 Å². The molecule has 1 aromatic heterocycles. The highest BCUT2D eigenvalue weighted by molar-refractivity contribution is 9.10. The molecule has 1 unspecified atom stereocenters. The molecule has 0 radical (unpaired) electrons. The molecule has 4 nitrogen and oxygen atoms in total. The Bertz CT molecular complexity index is 612. The summed E-state index contributed by atoms with van der Waals surface area (Å²) in [7, 11) is 0. The monoisotopic (exact) mass is 326 g/mol. The Hall–Kier alpha value is -1.69. The number of hydrogen-bond acceptors (Lipinski definition) is 3. The van der Waals surface area contributed by atoms with E-state index in [0.717, 1.165) is 0 Å². The molecular formula is C13H12BrFN2O2. The molecule has 1 amide bonds. The zero-order chi connectivity index (χ0) is 14.0. The Labute approximate surface area is 118 Å². The summed E-state index contributed by atoms with van der Waals surface area (Å²) in [5.41, 5.74) is 0.364. The Morgan fingerprint density at radius 2 is 2.26 bits per heavy atom. The molecule has 0 saturated heterocycles. The zero-order valence-corrected chi connectivity index (χ0v) is 12.0. The van der Waals surface area contributed by atoms with Gasteiger partial charge in [-0.25, -0.2) is 9.37 Å². The van der Waals surface area contributed by atoms with Crippen LogP contribution in [0.15, 0.2) is 33.3 Å². The Balaban J connectivity index is 2.10. The van der Waals surface area contributed by atoms with Gasteiger partial charge in [0.1, 0.15) is 17.6 Å². The fraction of sp³-hybridized carbons (Fsp3) is 0.231. The molecule has 0 aliphatic carbocycles. The van der Waals surface area contributed by atoms with Crippen LogP contribution in [0.1, 0.15) is 35.0 Å². The van der Waals surface area contributed by atoms with Crippen LogP contribution >= 0.6 is 15.9 Å². The normalized spacial score (nSPS) is 12.2. The van der Waals surface area contributed by atoms with E-state index >= 15 is 0 Å². The molecule has 0 bridgehead atoms. The number of amides is 1. The number of nitrogens with zero attached hydrogens (tertiary/aromatic N) is 1. The topological polar surface area (TPSA) is 55.1 Å². The van der Waals surface area contributed by atoms with Crippen molar-refractivity contribution in [1.29, 1.82) is 0 Å². The minimum absolute atomic E-state index is 0.250. The predicted octanol–water partition coefficient (Wildman–Crippen LogP) is 3.38. The van der Waals surface area contributed by atoms with Crippen LogP contribution in [-0.4, -0.2) is 10.9 Å². The lowest BCUT2D eigenvalue weighted by Gasteiger charge is -2.10. The molecule has 2 rings (SSSR count). The SMILES string of the molecule is Cc1cnc(C(C)NC(=O)c2ccc(F)c(Br)c2)o1. The van der Waals surface area contributed by atoms with Crippen LogP contribution in [0.3, 0.4) is 0 Å². The summed E-state index contributed by atoms with van der Waals surface area (Å²) >= 11 is 3.04. The predicted molar refractivity (Wildman–Crippen MR) is 71.2 cm³/mol. The van der Waals surface area contributed by atoms with Gasteiger partial charge >= 0.3 is 0 Å². The summed E-state index contributed by atoms with van der Waals surface area (Å²) in [5, 5.41) is 2.73. The summed E-state index contributed by atoms with van der Waals surface area (Å²) in [6.45, 7) is 3.55.